The van der Waals surface area contributed by atoms with Crippen LogP contribution in [-0.2, 0) is 0 Å². The Bertz CT molecular complexity index is 1200. The van der Waals surface area contributed by atoms with Gasteiger partial charge in [-0.25, -0.2) is 4.98 Å². The van der Waals surface area contributed by atoms with Gasteiger partial charge >= 0.3 is 0 Å². The van der Waals surface area contributed by atoms with E-state index in [9.17, 15) is 4.79 Å². The monoisotopic (exact) mass is 346 g/mol. The molecule has 0 amide bonds. The zero-order valence-corrected chi connectivity index (χ0v) is 14.8. The molecule has 0 unspecified atom stereocenters. The number of aryl methyl sites for hydroxylation is 2. The highest BCUT2D eigenvalue weighted by Crippen LogP contribution is 2.26. The van der Waals surface area contributed by atoms with E-state index in [1.165, 1.54) is 10.2 Å². The normalized spacial score (nSPS) is 11.7. The Morgan fingerprint density at radius 1 is 1.15 bits per heavy atom. The molecule has 0 spiro atoms. The first kappa shape index (κ1) is 16.1. The topological polar surface area (TPSA) is 72.3 Å². The van der Waals surface area contributed by atoms with Crippen LogP contribution in [0.5, 0.6) is 5.75 Å². The van der Waals surface area contributed by atoms with Gasteiger partial charge in [-0.15, -0.1) is 0 Å². The molecular weight excluding hydrogens is 328 g/mol. The van der Waals surface area contributed by atoms with Crippen molar-refractivity contribution < 1.29 is 4.74 Å². The molecule has 0 aliphatic carbocycles. The Labute approximate surface area is 149 Å². The van der Waals surface area contributed by atoms with Crippen LogP contribution in [0.2, 0.25) is 0 Å². The van der Waals surface area contributed by atoms with Crippen molar-refractivity contribution in [2.24, 2.45) is 5.10 Å². The van der Waals surface area contributed by atoms with Crippen LogP contribution in [0.1, 0.15) is 17.0 Å². The lowest BCUT2D eigenvalue weighted by Crippen LogP contribution is -2.20. The third kappa shape index (κ3) is 2.65. The molecular formula is C20H18N4O2. The Balaban J connectivity index is 1.87. The highest BCUT2D eigenvalue weighted by molar-refractivity contribution is 6.05. The van der Waals surface area contributed by atoms with Gasteiger partial charge in [0, 0.05) is 10.9 Å². The summed E-state index contributed by atoms with van der Waals surface area (Å²) in [7, 11) is 1.61. The molecule has 0 fully saturated rings. The summed E-state index contributed by atoms with van der Waals surface area (Å²) in [6.45, 7) is 3.80. The predicted molar refractivity (Wildman–Crippen MR) is 103 cm³/mol. The van der Waals surface area contributed by atoms with Crippen LogP contribution in [-0.4, -0.2) is 28.0 Å². The average Bonchev–Trinajstić information content (AvgIpc) is 3.01. The Kier molecular flexibility index (Phi) is 3.80. The molecule has 4 rings (SSSR count). The SMILES string of the molecule is COc1ccc2[nH]c3c(=O)n(/N=C\c4ccc(C)cc4)c(C)nc3c2c1. The second-order valence-electron chi connectivity index (χ2n) is 6.19. The maximum atomic E-state index is 12.9. The van der Waals surface area contributed by atoms with Crippen molar-refractivity contribution in [1.29, 1.82) is 0 Å². The smallest absolute Gasteiger partial charge is 0.298 e. The van der Waals surface area contributed by atoms with Crippen molar-refractivity contribution in [2.45, 2.75) is 13.8 Å². The number of methoxy groups -OCH3 is 1. The van der Waals surface area contributed by atoms with Gasteiger partial charge in [-0.3, -0.25) is 4.79 Å². The molecule has 130 valence electrons. The van der Waals surface area contributed by atoms with Gasteiger partial charge in [0.25, 0.3) is 5.56 Å². The third-order valence-electron chi connectivity index (χ3n) is 4.36. The highest BCUT2D eigenvalue weighted by atomic mass is 16.5. The summed E-state index contributed by atoms with van der Waals surface area (Å²) in [4.78, 5) is 20.6. The number of benzene rings is 2. The van der Waals surface area contributed by atoms with Gasteiger partial charge in [-0.1, -0.05) is 29.8 Å². The maximum Gasteiger partial charge on any atom is 0.298 e. The minimum absolute atomic E-state index is 0.231. The number of aromatic amines is 1. The first-order valence-electron chi connectivity index (χ1n) is 8.27. The van der Waals surface area contributed by atoms with Crippen LogP contribution in [0.25, 0.3) is 21.9 Å². The van der Waals surface area contributed by atoms with E-state index >= 15 is 0 Å². The lowest BCUT2D eigenvalue weighted by Gasteiger charge is -2.03. The molecule has 2 aromatic heterocycles. The maximum absolute atomic E-state index is 12.9. The molecule has 6 heteroatoms. The number of nitrogens with zero attached hydrogens (tertiary/aromatic N) is 3. The molecule has 0 radical (unpaired) electrons. The largest absolute Gasteiger partial charge is 0.497 e. The van der Waals surface area contributed by atoms with E-state index in [1.54, 1.807) is 20.2 Å². The first-order chi connectivity index (χ1) is 12.6. The summed E-state index contributed by atoms with van der Waals surface area (Å²) < 4.78 is 6.59. The fraction of sp³-hybridized carbons (Fsp3) is 0.150. The second-order valence-corrected chi connectivity index (χ2v) is 6.19. The van der Waals surface area contributed by atoms with Gasteiger partial charge in [-0.2, -0.15) is 9.78 Å². The van der Waals surface area contributed by atoms with E-state index in [0.717, 1.165) is 22.2 Å². The molecule has 0 saturated heterocycles. The van der Waals surface area contributed by atoms with Gasteiger partial charge in [0.05, 0.1) is 13.3 Å². The van der Waals surface area contributed by atoms with Crippen LogP contribution >= 0.6 is 0 Å². The molecule has 2 heterocycles. The number of aromatic nitrogens is 3. The molecule has 6 nitrogen and oxygen atoms in total. The molecule has 1 N–H and O–H groups in total. The summed E-state index contributed by atoms with van der Waals surface area (Å²) >= 11 is 0. The van der Waals surface area contributed by atoms with Gasteiger partial charge < -0.3 is 9.72 Å². The molecule has 0 aliphatic heterocycles. The molecule has 26 heavy (non-hydrogen) atoms. The highest BCUT2D eigenvalue weighted by Gasteiger charge is 2.13. The van der Waals surface area contributed by atoms with E-state index in [0.29, 0.717) is 16.9 Å². The van der Waals surface area contributed by atoms with Crippen molar-refractivity contribution in [1.82, 2.24) is 14.6 Å². The van der Waals surface area contributed by atoms with Crippen molar-refractivity contribution in [2.75, 3.05) is 7.11 Å². The minimum Gasteiger partial charge on any atom is -0.497 e. The summed E-state index contributed by atoms with van der Waals surface area (Å²) in [6, 6.07) is 13.5. The van der Waals surface area contributed by atoms with E-state index < -0.39 is 0 Å². The molecule has 2 aromatic carbocycles. The Hall–Kier alpha value is -3.41. The summed E-state index contributed by atoms with van der Waals surface area (Å²) in [5, 5.41) is 5.19. The number of fused-ring (bicyclic) bond motifs is 3. The van der Waals surface area contributed by atoms with Gasteiger partial charge in [0.1, 0.15) is 22.6 Å². The van der Waals surface area contributed by atoms with Crippen LogP contribution in [0.3, 0.4) is 0 Å². The van der Waals surface area contributed by atoms with Gasteiger partial charge in [0.15, 0.2) is 0 Å². The zero-order valence-electron chi connectivity index (χ0n) is 14.8. The summed E-state index contributed by atoms with van der Waals surface area (Å²) in [5.41, 5.74) is 3.76. The van der Waals surface area contributed by atoms with E-state index in [4.69, 9.17) is 4.74 Å². The van der Waals surface area contributed by atoms with Gasteiger partial charge in [0.2, 0.25) is 0 Å². The predicted octanol–water partition coefficient (Wildman–Crippen LogP) is 3.39. The standard InChI is InChI=1S/C20H18N4O2/c1-12-4-6-14(7-5-12)11-21-24-13(2)22-18-16-10-15(26-3)8-9-17(16)23-19(18)20(24)25/h4-11,23H,1-3H3/b21-11-. The summed E-state index contributed by atoms with van der Waals surface area (Å²) in [6.07, 6.45) is 1.66. The number of H-pyrrole nitrogens is 1. The number of hydrogen-bond acceptors (Lipinski definition) is 4. The van der Waals surface area contributed by atoms with E-state index in [2.05, 4.69) is 15.1 Å². The zero-order chi connectivity index (χ0) is 18.3. The van der Waals surface area contributed by atoms with Crippen LogP contribution in [0.15, 0.2) is 52.4 Å². The Morgan fingerprint density at radius 3 is 2.65 bits per heavy atom. The number of rotatable bonds is 3. The average molecular weight is 346 g/mol. The van der Waals surface area contributed by atoms with Crippen molar-refractivity contribution in [3.8, 4) is 5.75 Å². The number of hydrogen-bond donors (Lipinski definition) is 1. The van der Waals surface area contributed by atoms with Gasteiger partial charge in [-0.05, 0) is 37.6 Å². The first-order valence-corrected chi connectivity index (χ1v) is 8.27. The third-order valence-corrected chi connectivity index (χ3v) is 4.36. The second kappa shape index (κ2) is 6.15. The molecule has 0 atom stereocenters. The quantitative estimate of drug-likeness (QED) is 0.578. The van der Waals surface area contributed by atoms with E-state index in [-0.39, 0.29) is 5.56 Å². The molecule has 0 bridgehead atoms. The van der Waals surface area contributed by atoms with Crippen molar-refractivity contribution >= 4 is 28.2 Å². The number of ether oxygens (including phenoxy) is 1. The van der Waals surface area contributed by atoms with Crippen molar-refractivity contribution in [3.05, 3.63) is 69.8 Å². The number of nitrogens with one attached hydrogen (secondary N) is 1. The fourth-order valence-corrected chi connectivity index (χ4v) is 2.93. The van der Waals surface area contributed by atoms with Crippen LogP contribution in [0, 0.1) is 13.8 Å². The fourth-order valence-electron chi connectivity index (χ4n) is 2.93. The van der Waals surface area contributed by atoms with Crippen LogP contribution < -0.4 is 10.3 Å². The molecule has 0 aliphatic rings. The van der Waals surface area contributed by atoms with E-state index in [1.807, 2.05) is 49.4 Å². The summed E-state index contributed by atoms with van der Waals surface area (Å²) in [5.74, 6) is 1.24. The Morgan fingerprint density at radius 2 is 1.92 bits per heavy atom. The molecule has 0 saturated carbocycles. The lowest BCUT2D eigenvalue weighted by atomic mass is 10.2. The molecule has 4 aromatic rings. The lowest BCUT2D eigenvalue weighted by molar-refractivity contribution is 0.415. The minimum atomic E-state index is -0.231. The van der Waals surface area contributed by atoms with Crippen LogP contribution in [0.4, 0.5) is 0 Å². The van der Waals surface area contributed by atoms with Crippen molar-refractivity contribution in [3.63, 3.8) is 0 Å².